The highest BCUT2D eigenvalue weighted by Gasteiger charge is 2.34. The standard InChI is InChI=1S/C23H28N4O3/c28-23(25-21-16-26-9-7-17(21)8-10-26)18-1-3-19(4-2-18)30-20-5-6-22(24-15-20)27-11-13-29-14-12-27/h1-6,15,17,21H,7-14,16H2,(H,25,28)/t21-/m0/s1. The number of aromatic nitrogens is 1. The summed E-state index contributed by atoms with van der Waals surface area (Å²) >= 11 is 0. The number of piperidine rings is 3. The van der Waals surface area contributed by atoms with E-state index >= 15 is 0 Å². The Hall–Kier alpha value is -2.64. The number of hydrogen-bond acceptors (Lipinski definition) is 6. The van der Waals surface area contributed by atoms with E-state index in [0.717, 1.165) is 38.7 Å². The first kappa shape index (κ1) is 19.3. The van der Waals surface area contributed by atoms with Gasteiger partial charge in [-0.05, 0) is 68.2 Å². The molecule has 2 bridgehead atoms. The van der Waals surface area contributed by atoms with Crippen molar-refractivity contribution in [3.05, 3.63) is 48.2 Å². The summed E-state index contributed by atoms with van der Waals surface area (Å²) in [6.07, 6.45) is 4.12. The Labute approximate surface area is 177 Å². The van der Waals surface area contributed by atoms with Gasteiger partial charge < -0.3 is 24.6 Å². The van der Waals surface area contributed by atoms with Crippen LogP contribution < -0.4 is 15.0 Å². The van der Waals surface area contributed by atoms with Gasteiger partial charge in [-0.25, -0.2) is 4.98 Å². The maximum atomic E-state index is 12.7. The van der Waals surface area contributed by atoms with E-state index in [9.17, 15) is 4.79 Å². The van der Waals surface area contributed by atoms with Gasteiger partial charge in [-0.1, -0.05) is 0 Å². The highest BCUT2D eigenvalue weighted by Crippen LogP contribution is 2.28. The first-order valence-corrected chi connectivity index (χ1v) is 10.8. The van der Waals surface area contributed by atoms with Gasteiger partial charge in [-0.15, -0.1) is 0 Å². The minimum atomic E-state index is -0.00293. The number of nitrogens with one attached hydrogen (secondary N) is 1. The Morgan fingerprint density at radius 1 is 1.00 bits per heavy atom. The zero-order valence-electron chi connectivity index (χ0n) is 17.1. The Morgan fingerprint density at radius 3 is 2.37 bits per heavy atom. The lowest BCUT2D eigenvalue weighted by Crippen LogP contribution is -2.57. The van der Waals surface area contributed by atoms with Gasteiger partial charge in [-0.2, -0.15) is 0 Å². The van der Waals surface area contributed by atoms with Crippen LogP contribution >= 0.6 is 0 Å². The molecule has 0 saturated carbocycles. The van der Waals surface area contributed by atoms with E-state index in [1.165, 1.54) is 25.9 Å². The van der Waals surface area contributed by atoms with Gasteiger partial charge in [0.2, 0.25) is 0 Å². The van der Waals surface area contributed by atoms with E-state index < -0.39 is 0 Å². The van der Waals surface area contributed by atoms with Gasteiger partial charge in [0.15, 0.2) is 0 Å². The first-order valence-electron chi connectivity index (χ1n) is 10.8. The van der Waals surface area contributed by atoms with E-state index in [-0.39, 0.29) is 11.9 Å². The molecule has 1 atom stereocenters. The predicted molar refractivity (Wildman–Crippen MR) is 114 cm³/mol. The van der Waals surface area contributed by atoms with E-state index in [0.29, 0.717) is 23.0 Å². The SMILES string of the molecule is O=C(N[C@H]1CN2CCC1CC2)c1ccc(Oc2ccc(N3CCOCC3)nc2)cc1. The lowest BCUT2D eigenvalue weighted by Gasteiger charge is -2.44. The molecule has 4 saturated heterocycles. The van der Waals surface area contributed by atoms with Crippen molar-refractivity contribution in [2.45, 2.75) is 18.9 Å². The average molecular weight is 409 g/mol. The van der Waals surface area contributed by atoms with E-state index in [1.54, 1.807) is 6.20 Å². The Kier molecular flexibility index (Phi) is 5.55. The Morgan fingerprint density at radius 2 is 1.73 bits per heavy atom. The fourth-order valence-corrected chi connectivity index (χ4v) is 4.60. The molecular weight excluding hydrogens is 380 g/mol. The number of benzene rings is 1. The number of anilines is 1. The fraction of sp³-hybridized carbons (Fsp3) is 0.478. The van der Waals surface area contributed by atoms with Crippen LogP contribution in [-0.4, -0.2) is 67.8 Å². The van der Waals surface area contributed by atoms with Crippen LogP contribution in [-0.2, 0) is 4.74 Å². The van der Waals surface area contributed by atoms with Gasteiger partial charge in [0.25, 0.3) is 5.91 Å². The zero-order valence-corrected chi connectivity index (χ0v) is 17.1. The molecule has 1 aromatic heterocycles. The number of morpholine rings is 1. The van der Waals surface area contributed by atoms with Gasteiger partial charge in [0.05, 0.1) is 19.4 Å². The van der Waals surface area contributed by atoms with Crippen LogP contribution in [0.2, 0.25) is 0 Å². The van der Waals surface area contributed by atoms with Crippen molar-refractivity contribution in [3.8, 4) is 11.5 Å². The number of pyridine rings is 1. The van der Waals surface area contributed by atoms with Crippen LogP contribution in [0.1, 0.15) is 23.2 Å². The molecule has 6 rings (SSSR count). The third-order valence-electron chi connectivity index (χ3n) is 6.38. The predicted octanol–water partition coefficient (Wildman–Crippen LogP) is 2.53. The maximum absolute atomic E-state index is 12.7. The summed E-state index contributed by atoms with van der Waals surface area (Å²) in [5.41, 5.74) is 0.666. The molecule has 4 aliphatic rings. The fourth-order valence-electron chi connectivity index (χ4n) is 4.60. The number of carbonyl (C=O) groups excluding carboxylic acids is 1. The molecule has 5 heterocycles. The maximum Gasteiger partial charge on any atom is 0.251 e. The average Bonchev–Trinajstić information content (AvgIpc) is 2.81. The lowest BCUT2D eigenvalue weighted by atomic mass is 9.84. The first-order chi connectivity index (χ1) is 14.7. The normalized spacial score (nSPS) is 25.7. The molecule has 7 nitrogen and oxygen atoms in total. The number of rotatable bonds is 5. The summed E-state index contributed by atoms with van der Waals surface area (Å²) < 4.78 is 11.3. The van der Waals surface area contributed by atoms with Gasteiger partial charge in [0.1, 0.15) is 17.3 Å². The largest absolute Gasteiger partial charge is 0.456 e. The topological polar surface area (TPSA) is 66.9 Å². The number of fused-ring (bicyclic) bond motifs is 3. The summed E-state index contributed by atoms with van der Waals surface area (Å²) in [5.74, 6) is 2.92. The number of ether oxygens (including phenoxy) is 2. The van der Waals surface area contributed by atoms with E-state index in [4.69, 9.17) is 9.47 Å². The number of amides is 1. The minimum Gasteiger partial charge on any atom is -0.456 e. The van der Waals surface area contributed by atoms with Crippen LogP contribution in [0.3, 0.4) is 0 Å². The second-order valence-electron chi connectivity index (χ2n) is 8.30. The summed E-state index contributed by atoms with van der Waals surface area (Å²) in [6, 6.07) is 11.5. The van der Waals surface area contributed by atoms with E-state index in [2.05, 4.69) is 20.1 Å². The Bertz CT molecular complexity index is 857. The second kappa shape index (κ2) is 8.62. The molecule has 0 radical (unpaired) electrons. The van der Waals surface area contributed by atoms with Crippen LogP contribution in [0.5, 0.6) is 11.5 Å². The molecule has 2 aromatic rings. The van der Waals surface area contributed by atoms with E-state index in [1.807, 2.05) is 36.4 Å². The van der Waals surface area contributed by atoms with Crippen LogP contribution in [0.4, 0.5) is 5.82 Å². The van der Waals surface area contributed by atoms with Crippen LogP contribution in [0.15, 0.2) is 42.6 Å². The monoisotopic (exact) mass is 408 g/mol. The lowest BCUT2D eigenvalue weighted by molar-refractivity contribution is 0.0620. The van der Waals surface area contributed by atoms with Gasteiger partial charge >= 0.3 is 0 Å². The van der Waals surface area contributed by atoms with Crippen molar-refractivity contribution >= 4 is 11.7 Å². The molecule has 158 valence electrons. The molecule has 7 heteroatoms. The van der Waals surface area contributed by atoms with Gasteiger partial charge in [0, 0.05) is 31.2 Å². The van der Waals surface area contributed by atoms with Crippen molar-refractivity contribution in [3.63, 3.8) is 0 Å². The number of carbonyl (C=O) groups is 1. The molecule has 1 amide bonds. The van der Waals surface area contributed by atoms with Crippen molar-refractivity contribution < 1.29 is 14.3 Å². The van der Waals surface area contributed by atoms with Crippen molar-refractivity contribution in [1.29, 1.82) is 0 Å². The third kappa shape index (κ3) is 4.27. The minimum absolute atomic E-state index is 0.00293. The molecule has 4 aliphatic heterocycles. The Balaban J connectivity index is 1.17. The molecule has 0 unspecified atom stereocenters. The van der Waals surface area contributed by atoms with Gasteiger partial charge in [-0.3, -0.25) is 4.79 Å². The van der Waals surface area contributed by atoms with Crippen LogP contribution in [0.25, 0.3) is 0 Å². The highest BCUT2D eigenvalue weighted by molar-refractivity contribution is 5.94. The number of nitrogens with zero attached hydrogens (tertiary/aromatic N) is 3. The molecular formula is C23H28N4O3. The third-order valence-corrected chi connectivity index (χ3v) is 6.38. The summed E-state index contributed by atoms with van der Waals surface area (Å²) in [4.78, 5) is 21.8. The van der Waals surface area contributed by atoms with Crippen LogP contribution in [0, 0.1) is 5.92 Å². The summed E-state index contributed by atoms with van der Waals surface area (Å²) in [5, 5.41) is 3.23. The summed E-state index contributed by atoms with van der Waals surface area (Å²) in [6.45, 7) is 6.51. The smallest absolute Gasteiger partial charge is 0.251 e. The molecule has 0 aliphatic carbocycles. The molecule has 0 spiro atoms. The molecule has 30 heavy (non-hydrogen) atoms. The quantitative estimate of drug-likeness (QED) is 0.820. The molecule has 1 N–H and O–H groups in total. The second-order valence-corrected chi connectivity index (χ2v) is 8.30. The summed E-state index contributed by atoms with van der Waals surface area (Å²) in [7, 11) is 0. The highest BCUT2D eigenvalue weighted by atomic mass is 16.5. The molecule has 4 fully saturated rings. The van der Waals surface area contributed by atoms with Crippen molar-refractivity contribution in [1.82, 2.24) is 15.2 Å². The zero-order chi connectivity index (χ0) is 20.3. The van der Waals surface area contributed by atoms with Crippen molar-refractivity contribution in [2.24, 2.45) is 5.92 Å². The molecule has 1 aromatic carbocycles. The number of hydrogen-bond donors (Lipinski definition) is 1. The van der Waals surface area contributed by atoms with Crippen molar-refractivity contribution in [2.75, 3.05) is 50.8 Å².